The van der Waals surface area contributed by atoms with Crippen LogP contribution in [0.25, 0.3) is 5.57 Å². The van der Waals surface area contributed by atoms with Gasteiger partial charge in [-0.25, -0.2) is 14.0 Å². The molecule has 0 aliphatic carbocycles. The quantitative estimate of drug-likeness (QED) is 0.574. The van der Waals surface area contributed by atoms with E-state index in [9.17, 15) is 18.8 Å². The second-order valence-electron chi connectivity index (χ2n) is 8.05. The number of benzene rings is 1. The van der Waals surface area contributed by atoms with Gasteiger partial charge < -0.3 is 14.5 Å². The number of amides is 1. The van der Waals surface area contributed by atoms with Crippen molar-refractivity contribution in [2.75, 3.05) is 18.0 Å². The van der Waals surface area contributed by atoms with E-state index in [2.05, 4.69) is 0 Å². The van der Waals surface area contributed by atoms with E-state index in [0.29, 0.717) is 37.0 Å². The molecule has 28 heavy (non-hydrogen) atoms. The summed E-state index contributed by atoms with van der Waals surface area (Å²) in [5.41, 5.74) is 1.30. The van der Waals surface area contributed by atoms with Gasteiger partial charge in [0.2, 0.25) is 0 Å². The number of nitrogens with zero attached hydrogens (tertiary/aromatic N) is 2. The zero-order valence-corrected chi connectivity index (χ0v) is 16.4. The predicted molar refractivity (Wildman–Crippen MR) is 103 cm³/mol. The maximum Gasteiger partial charge on any atom is 0.410 e. The van der Waals surface area contributed by atoms with Crippen LogP contribution in [-0.2, 0) is 9.53 Å². The van der Waals surface area contributed by atoms with E-state index in [1.165, 1.54) is 12.1 Å². The van der Waals surface area contributed by atoms with Gasteiger partial charge in [0.05, 0.1) is 22.9 Å². The zero-order valence-electron chi connectivity index (χ0n) is 16.4. The minimum absolute atomic E-state index is 0.0781. The van der Waals surface area contributed by atoms with Crippen molar-refractivity contribution in [3.05, 3.63) is 40.8 Å². The monoisotopic (exact) mass is 386 g/mol. The first-order valence-electron chi connectivity index (χ1n) is 9.14. The number of rotatable bonds is 2. The van der Waals surface area contributed by atoms with Crippen LogP contribution in [0.3, 0.4) is 0 Å². The molecule has 2 aliphatic rings. The molecule has 0 bridgehead atoms. The highest BCUT2D eigenvalue weighted by Crippen LogP contribution is 2.39. The molecule has 0 spiro atoms. The third-order valence-corrected chi connectivity index (χ3v) is 4.82. The lowest BCUT2D eigenvalue weighted by molar-refractivity contribution is 0.0292. The minimum Gasteiger partial charge on any atom is -0.444 e. The lowest BCUT2D eigenvalue weighted by Gasteiger charge is -2.36. The van der Waals surface area contributed by atoms with E-state index >= 15 is 0 Å². The van der Waals surface area contributed by atoms with Crippen molar-refractivity contribution in [3.8, 4) is 0 Å². The average Bonchev–Trinajstić information content (AvgIpc) is 3.09. The van der Waals surface area contributed by atoms with E-state index in [4.69, 9.17) is 4.74 Å². The van der Waals surface area contributed by atoms with E-state index in [0.717, 1.165) is 5.70 Å². The molecule has 1 amide bonds. The largest absolute Gasteiger partial charge is 0.444 e. The van der Waals surface area contributed by atoms with Crippen molar-refractivity contribution < 1.29 is 23.5 Å². The van der Waals surface area contributed by atoms with Crippen molar-refractivity contribution in [3.63, 3.8) is 0 Å². The summed E-state index contributed by atoms with van der Waals surface area (Å²) in [7, 11) is 0. The maximum absolute atomic E-state index is 14.1. The molecule has 0 N–H and O–H groups in total. The summed E-state index contributed by atoms with van der Waals surface area (Å²) < 4.78 is 19.6. The van der Waals surface area contributed by atoms with Crippen LogP contribution in [0.5, 0.6) is 0 Å². The van der Waals surface area contributed by atoms with Gasteiger partial charge in [0.25, 0.3) is 0 Å². The third-order valence-electron chi connectivity index (χ3n) is 4.82. The molecule has 6 nitrogen and oxygen atoms in total. The summed E-state index contributed by atoms with van der Waals surface area (Å²) in [6, 6.07) is 2.55. The Balaban J connectivity index is 1.94. The van der Waals surface area contributed by atoms with E-state index < -0.39 is 11.4 Å². The van der Waals surface area contributed by atoms with Crippen LogP contribution in [0.1, 0.15) is 50.0 Å². The molecule has 1 fully saturated rings. The van der Waals surface area contributed by atoms with E-state index in [1.54, 1.807) is 11.0 Å². The first-order chi connectivity index (χ1) is 13.1. The number of carbonyl (C=O) groups excluding carboxylic acids is 3. The van der Waals surface area contributed by atoms with Gasteiger partial charge in [-0.15, -0.1) is 0 Å². The van der Waals surface area contributed by atoms with Gasteiger partial charge in [0, 0.05) is 24.4 Å². The molecule has 7 heteroatoms. The fraction of sp³-hybridized carbons (Fsp3) is 0.429. The summed E-state index contributed by atoms with van der Waals surface area (Å²) in [5.74, 6) is 1.16. The molecule has 148 valence electrons. The maximum atomic E-state index is 14.1. The van der Waals surface area contributed by atoms with Gasteiger partial charge in [-0.1, -0.05) is 0 Å². The molecule has 0 radical (unpaired) electrons. The van der Waals surface area contributed by atoms with Crippen LogP contribution in [0.4, 0.5) is 14.9 Å². The molecular weight excluding hydrogens is 363 g/mol. The lowest BCUT2D eigenvalue weighted by atomic mass is 9.95. The SMILES string of the molecule is CC1=CC(=C=O)c2cc(F)c(C=O)cc2N1[C@@H]1CCN(C(=O)OC(C)(C)C)C1. The van der Waals surface area contributed by atoms with Crippen LogP contribution in [0, 0.1) is 5.82 Å². The summed E-state index contributed by atoms with van der Waals surface area (Å²) in [6.45, 7) is 8.23. The van der Waals surface area contributed by atoms with Crippen molar-refractivity contribution in [2.45, 2.75) is 45.8 Å². The van der Waals surface area contributed by atoms with Crippen LogP contribution < -0.4 is 4.90 Å². The molecule has 2 heterocycles. The summed E-state index contributed by atoms with van der Waals surface area (Å²) in [4.78, 5) is 38.5. The molecular formula is C21H23FN2O4. The fourth-order valence-electron chi connectivity index (χ4n) is 3.64. The van der Waals surface area contributed by atoms with E-state index in [1.807, 2.05) is 38.5 Å². The Labute approximate surface area is 163 Å². The Kier molecular flexibility index (Phi) is 5.13. The molecule has 0 aromatic heterocycles. The normalized spacial score (nSPS) is 19.1. The smallest absolute Gasteiger partial charge is 0.410 e. The number of carbonyl (C=O) groups is 2. The van der Waals surface area contributed by atoms with E-state index in [-0.39, 0.29) is 23.3 Å². The summed E-state index contributed by atoms with van der Waals surface area (Å²) in [6.07, 6.45) is 2.39. The highest BCUT2D eigenvalue weighted by molar-refractivity contribution is 6.01. The minimum atomic E-state index is -0.684. The Morgan fingerprint density at radius 3 is 2.68 bits per heavy atom. The van der Waals surface area contributed by atoms with Crippen molar-refractivity contribution in [1.29, 1.82) is 0 Å². The molecule has 1 saturated heterocycles. The van der Waals surface area contributed by atoms with Crippen LogP contribution in [0.15, 0.2) is 23.9 Å². The Morgan fingerprint density at radius 1 is 1.36 bits per heavy atom. The Morgan fingerprint density at radius 2 is 2.07 bits per heavy atom. The number of hydrogen-bond donors (Lipinski definition) is 0. The number of likely N-dealkylation sites (tertiary alicyclic amines) is 1. The molecule has 1 aromatic rings. The number of fused-ring (bicyclic) bond motifs is 1. The van der Waals surface area contributed by atoms with Crippen molar-refractivity contribution in [1.82, 2.24) is 4.90 Å². The van der Waals surface area contributed by atoms with Gasteiger partial charge in [0.15, 0.2) is 6.29 Å². The molecule has 2 aliphatic heterocycles. The van der Waals surface area contributed by atoms with Crippen molar-refractivity contribution in [2.24, 2.45) is 0 Å². The highest BCUT2D eigenvalue weighted by Gasteiger charge is 2.36. The van der Waals surface area contributed by atoms with Crippen molar-refractivity contribution >= 4 is 29.6 Å². The van der Waals surface area contributed by atoms with Crippen LogP contribution in [0.2, 0.25) is 0 Å². The van der Waals surface area contributed by atoms with Gasteiger partial charge in [0.1, 0.15) is 17.4 Å². The van der Waals surface area contributed by atoms with Gasteiger partial charge >= 0.3 is 6.09 Å². The van der Waals surface area contributed by atoms with Crippen LogP contribution in [-0.4, -0.2) is 48.0 Å². The number of halogens is 1. The Bertz CT molecular complexity index is 910. The number of anilines is 1. The second kappa shape index (κ2) is 7.24. The second-order valence-corrected chi connectivity index (χ2v) is 8.05. The number of aldehydes is 1. The zero-order chi connectivity index (χ0) is 20.6. The molecule has 1 atom stereocenters. The number of hydrogen-bond acceptors (Lipinski definition) is 5. The number of ether oxygens (including phenoxy) is 1. The fourth-order valence-corrected chi connectivity index (χ4v) is 3.64. The molecule has 1 aromatic carbocycles. The standard InChI is InChI=1S/C21H23FN2O4/c1-13-7-14(11-25)17-9-18(22)15(12-26)8-19(17)24(13)16-5-6-23(10-16)20(27)28-21(2,3)4/h7-9,12,16H,5-6,10H2,1-4H3/t16-/m1/s1. The highest BCUT2D eigenvalue weighted by atomic mass is 19.1. The Hall–Kier alpha value is -2.92. The van der Waals surface area contributed by atoms with Crippen LogP contribution >= 0.6 is 0 Å². The average molecular weight is 386 g/mol. The molecule has 0 saturated carbocycles. The predicted octanol–water partition coefficient (Wildman–Crippen LogP) is 3.59. The van der Waals surface area contributed by atoms with Gasteiger partial charge in [-0.2, -0.15) is 0 Å². The molecule has 0 unspecified atom stereocenters. The third kappa shape index (κ3) is 3.71. The summed E-state index contributed by atoms with van der Waals surface area (Å²) in [5, 5.41) is 0. The topological polar surface area (TPSA) is 66.9 Å². The first kappa shape index (κ1) is 19.8. The summed E-state index contributed by atoms with van der Waals surface area (Å²) >= 11 is 0. The number of allylic oxidation sites excluding steroid dienone is 3. The van der Waals surface area contributed by atoms with Gasteiger partial charge in [-0.3, -0.25) is 4.79 Å². The molecule has 3 rings (SSSR count). The first-order valence-corrected chi connectivity index (χ1v) is 9.14. The van der Waals surface area contributed by atoms with Gasteiger partial charge in [-0.05, 0) is 52.3 Å². The lowest BCUT2D eigenvalue weighted by Crippen LogP contribution is -2.41.